The molecule has 0 saturated heterocycles. The van der Waals surface area contributed by atoms with Crippen LogP contribution in [0.1, 0.15) is 36.2 Å². The number of carbonyl (C=O) groups is 2. The number of amides is 1. The highest BCUT2D eigenvalue weighted by Crippen LogP contribution is 2.14. The molecule has 5 nitrogen and oxygen atoms in total. The molecular weight excluding hydrogens is 330 g/mol. The molecule has 5 heteroatoms. The summed E-state index contributed by atoms with van der Waals surface area (Å²) in [4.78, 5) is 23.8. The first-order valence-electron chi connectivity index (χ1n) is 8.61. The molecule has 0 aliphatic rings. The highest BCUT2D eigenvalue weighted by Gasteiger charge is 2.07. The summed E-state index contributed by atoms with van der Waals surface area (Å²) in [6.45, 7) is 4.79. The number of nitrogens with one attached hydrogen (secondary N) is 1. The lowest BCUT2D eigenvalue weighted by Crippen LogP contribution is -2.09. The van der Waals surface area contributed by atoms with Crippen LogP contribution in [-0.4, -0.2) is 25.1 Å². The van der Waals surface area contributed by atoms with Crippen LogP contribution in [-0.2, 0) is 9.53 Å². The lowest BCUT2D eigenvalue weighted by molar-refractivity contribution is -0.111. The summed E-state index contributed by atoms with van der Waals surface area (Å²) in [5, 5.41) is 2.73. The number of benzene rings is 2. The van der Waals surface area contributed by atoms with E-state index in [-0.39, 0.29) is 5.91 Å². The molecule has 1 N–H and O–H groups in total. The van der Waals surface area contributed by atoms with Crippen molar-refractivity contribution >= 4 is 23.6 Å². The van der Waals surface area contributed by atoms with E-state index in [1.165, 1.54) is 6.08 Å². The fourth-order valence-electron chi connectivity index (χ4n) is 2.19. The Morgan fingerprint density at radius 1 is 1.08 bits per heavy atom. The van der Waals surface area contributed by atoms with Gasteiger partial charge in [-0.15, -0.1) is 0 Å². The van der Waals surface area contributed by atoms with Gasteiger partial charge in [-0.25, -0.2) is 4.79 Å². The number of esters is 1. The molecule has 0 fully saturated rings. The second kappa shape index (κ2) is 10.0. The zero-order valence-electron chi connectivity index (χ0n) is 15.0. The molecule has 0 aliphatic heterocycles. The maximum Gasteiger partial charge on any atom is 0.338 e. The summed E-state index contributed by atoms with van der Waals surface area (Å²) in [6, 6.07) is 14.2. The third kappa shape index (κ3) is 6.09. The minimum Gasteiger partial charge on any atom is -0.494 e. The normalized spacial score (nSPS) is 10.5. The van der Waals surface area contributed by atoms with Gasteiger partial charge in [0, 0.05) is 11.8 Å². The number of carbonyl (C=O) groups excluding carboxylic acids is 2. The summed E-state index contributed by atoms with van der Waals surface area (Å²) in [5.41, 5.74) is 1.83. The van der Waals surface area contributed by atoms with E-state index in [0.29, 0.717) is 24.5 Å². The number of rotatable bonds is 8. The zero-order chi connectivity index (χ0) is 18.8. The first kappa shape index (κ1) is 19.2. The van der Waals surface area contributed by atoms with Crippen LogP contribution in [0.5, 0.6) is 5.75 Å². The minimum atomic E-state index is -0.412. The molecule has 0 atom stereocenters. The van der Waals surface area contributed by atoms with Gasteiger partial charge in [-0.3, -0.25) is 4.79 Å². The van der Waals surface area contributed by atoms with E-state index in [4.69, 9.17) is 9.47 Å². The molecular formula is C21H23NO4. The Labute approximate surface area is 153 Å². The van der Waals surface area contributed by atoms with Crippen molar-refractivity contribution in [3.8, 4) is 5.75 Å². The van der Waals surface area contributed by atoms with Crippen molar-refractivity contribution in [1.82, 2.24) is 0 Å². The van der Waals surface area contributed by atoms with Gasteiger partial charge in [0.25, 0.3) is 0 Å². The van der Waals surface area contributed by atoms with Crippen molar-refractivity contribution in [1.29, 1.82) is 0 Å². The zero-order valence-corrected chi connectivity index (χ0v) is 15.0. The molecule has 2 aromatic rings. The minimum absolute atomic E-state index is 0.280. The molecule has 2 aromatic carbocycles. The Balaban J connectivity index is 1.94. The predicted molar refractivity (Wildman–Crippen MR) is 102 cm³/mol. The van der Waals surface area contributed by atoms with Crippen molar-refractivity contribution in [2.75, 3.05) is 18.5 Å². The van der Waals surface area contributed by atoms with Crippen molar-refractivity contribution in [2.45, 2.75) is 20.3 Å². The van der Waals surface area contributed by atoms with Crippen LogP contribution in [0.2, 0.25) is 0 Å². The predicted octanol–water partition coefficient (Wildman–Crippen LogP) is 4.30. The van der Waals surface area contributed by atoms with Gasteiger partial charge in [0.05, 0.1) is 18.8 Å². The van der Waals surface area contributed by atoms with Crippen LogP contribution in [0.3, 0.4) is 0 Å². The van der Waals surface area contributed by atoms with Crippen LogP contribution in [0.25, 0.3) is 6.08 Å². The fraction of sp³-hybridized carbons (Fsp3) is 0.238. The number of ether oxygens (including phenoxy) is 2. The maximum atomic E-state index is 12.1. The van der Waals surface area contributed by atoms with Gasteiger partial charge >= 0.3 is 5.97 Å². The summed E-state index contributed by atoms with van der Waals surface area (Å²) in [6.07, 6.45) is 4.12. The van der Waals surface area contributed by atoms with Crippen molar-refractivity contribution in [3.05, 3.63) is 65.7 Å². The topological polar surface area (TPSA) is 64.6 Å². The van der Waals surface area contributed by atoms with Crippen LogP contribution in [0, 0.1) is 0 Å². The lowest BCUT2D eigenvalue weighted by Gasteiger charge is -2.06. The van der Waals surface area contributed by atoms with Gasteiger partial charge in [-0.2, -0.15) is 0 Å². The SMILES string of the molecule is CCCOc1ccc(/C=C/C(=O)Nc2cccc(C(=O)OCC)c2)cc1. The third-order valence-electron chi connectivity index (χ3n) is 3.42. The van der Waals surface area contributed by atoms with Crippen LogP contribution in [0.15, 0.2) is 54.6 Å². The Bertz CT molecular complexity index is 766. The van der Waals surface area contributed by atoms with Crippen molar-refractivity contribution in [3.63, 3.8) is 0 Å². The molecule has 1 amide bonds. The summed E-state index contributed by atoms with van der Waals surface area (Å²) >= 11 is 0. The first-order chi connectivity index (χ1) is 12.6. The van der Waals surface area contributed by atoms with Gasteiger partial charge in [-0.05, 0) is 55.3 Å². The first-order valence-corrected chi connectivity index (χ1v) is 8.61. The van der Waals surface area contributed by atoms with Gasteiger partial charge in [-0.1, -0.05) is 25.1 Å². The number of anilines is 1. The van der Waals surface area contributed by atoms with Gasteiger partial charge in [0.1, 0.15) is 5.75 Å². The lowest BCUT2D eigenvalue weighted by atomic mass is 10.2. The number of hydrogen-bond donors (Lipinski definition) is 1. The highest BCUT2D eigenvalue weighted by molar-refractivity contribution is 6.02. The molecule has 0 aliphatic carbocycles. The fourth-order valence-corrected chi connectivity index (χ4v) is 2.19. The molecule has 0 saturated carbocycles. The molecule has 0 bridgehead atoms. The quantitative estimate of drug-likeness (QED) is 0.567. The Hall–Kier alpha value is -3.08. The molecule has 0 radical (unpaired) electrons. The molecule has 0 unspecified atom stereocenters. The largest absolute Gasteiger partial charge is 0.494 e. The summed E-state index contributed by atoms with van der Waals surface area (Å²) in [7, 11) is 0. The standard InChI is InChI=1S/C21H23NO4/c1-3-14-26-19-11-8-16(9-12-19)10-13-20(23)22-18-7-5-6-17(15-18)21(24)25-4-2/h5-13,15H,3-4,14H2,1-2H3,(H,22,23)/b13-10+. The van der Waals surface area contributed by atoms with E-state index in [1.807, 2.05) is 24.3 Å². The molecule has 0 spiro atoms. The Kier molecular flexibility index (Phi) is 7.43. The van der Waals surface area contributed by atoms with Crippen LogP contribution in [0.4, 0.5) is 5.69 Å². The van der Waals surface area contributed by atoms with Crippen LogP contribution >= 0.6 is 0 Å². The van der Waals surface area contributed by atoms with Crippen molar-refractivity contribution in [2.24, 2.45) is 0 Å². The van der Waals surface area contributed by atoms with Gasteiger partial charge < -0.3 is 14.8 Å². The highest BCUT2D eigenvalue weighted by atomic mass is 16.5. The van der Waals surface area contributed by atoms with E-state index in [9.17, 15) is 9.59 Å². The maximum absolute atomic E-state index is 12.1. The third-order valence-corrected chi connectivity index (χ3v) is 3.42. The van der Waals surface area contributed by atoms with Gasteiger partial charge in [0.2, 0.25) is 5.91 Å². The molecule has 2 rings (SSSR count). The van der Waals surface area contributed by atoms with E-state index in [1.54, 1.807) is 37.3 Å². The van der Waals surface area contributed by atoms with Crippen LogP contribution < -0.4 is 10.1 Å². The Morgan fingerprint density at radius 2 is 1.85 bits per heavy atom. The summed E-state index contributed by atoms with van der Waals surface area (Å²) < 4.78 is 10.5. The molecule has 0 aromatic heterocycles. The van der Waals surface area contributed by atoms with Gasteiger partial charge in [0.15, 0.2) is 0 Å². The average Bonchev–Trinajstić information content (AvgIpc) is 2.66. The summed E-state index contributed by atoms with van der Waals surface area (Å²) in [5.74, 6) is 0.117. The molecule has 0 heterocycles. The monoisotopic (exact) mass is 353 g/mol. The van der Waals surface area contributed by atoms with E-state index in [2.05, 4.69) is 12.2 Å². The van der Waals surface area contributed by atoms with E-state index < -0.39 is 5.97 Å². The average molecular weight is 353 g/mol. The molecule has 26 heavy (non-hydrogen) atoms. The molecule has 136 valence electrons. The van der Waals surface area contributed by atoms with Crippen molar-refractivity contribution < 1.29 is 19.1 Å². The van der Waals surface area contributed by atoms with E-state index in [0.717, 1.165) is 17.7 Å². The Morgan fingerprint density at radius 3 is 2.54 bits per heavy atom. The van der Waals surface area contributed by atoms with E-state index >= 15 is 0 Å². The number of hydrogen-bond acceptors (Lipinski definition) is 4. The second-order valence-electron chi connectivity index (χ2n) is 5.54. The second-order valence-corrected chi connectivity index (χ2v) is 5.54. The smallest absolute Gasteiger partial charge is 0.338 e.